The Labute approximate surface area is 103 Å². The zero-order valence-corrected chi connectivity index (χ0v) is 10.4. The molecule has 1 heterocycles. The van der Waals surface area contributed by atoms with Gasteiger partial charge < -0.3 is 10.6 Å². The summed E-state index contributed by atoms with van der Waals surface area (Å²) < 4.78 is 0. The van der Waals surface area contributed by atoms with Gasteiger partial charge in [0.1, 0.15) is 0 Å². The number of hydrogen-bond donors (Lipinski definition) is 2. The van der Waals surface area contributed by atoms with Crippen molar-refractivity contribution < 1.29 is 4.79 Å². The van der Waals surface area contributed by atoms with Gasteiger partial charge in [0.25, 0.3) is 0 Å². The van der Waals surface area contributed by atoms with Crippen molar-refractivity contribution in [3.05, 3.63) is 35.9 Å². The number of benzene rings is 1. The summed E-state index contributed by atoms with van der Waals surface area (Å²) in [6.45, 7) is 5.09. The average Bonchev–Trinajstić information content (AvgIpc) is 2.33. The summed E-state index contributed by atoms with van der Waals surface area (Å²) in [5.41, 5.74) is 1.20. The van der Waals surface area contributed by atoms with Crippen LogP contribution < -0.4 is 10.6 Å². The monoisotopic (exact) mass is 232 g/mol. The topological polar surface area (TPSA) is 41.1 Å². The van der Waals surface area contributed by atoms with Gasteiger partial charge in [-0.25, -0.2) is 0 Å². The molecule has 0 aliphatic carbocycles. The summed E-state index contributed by atoms with van der Waals surface area (Å²) in [4.78, 5) is 11.8. The molecule has 2 atom stereocenters. The summed E-state index contributed by atoms with van der Waals surface area (Å²) in [5, 5.41) is 6.42. The van der Waals surface area contributed by atoms with Gasteiger partial charge >= 0.3 is 0 Å². The summed E-state index contributed by atoms with van der Waals surface area (Å²) in [7, 11) is 0. The highest BCUT2D eigenvalue weighted by Crippen LogP contribution is 2.10. The van der Waals surface area contributed by atoms with Crippen LogP contribution in [0.3, 0.4) is 0 Å². The maximum absolute atomic E-state index is 11.8. The smallest absolute Gasteiger partial charge is 0.237 e. The number of nitrogens with one attached hydrogen (secondary N) is 2. The molecule has 1 aliphatic heterocycles. The molecule has 17 heavy (non-hydrogen) atoms. The molecule has 3 heteroatoms. The summed E-state index contributed by atoms with van der Waals surface area (Å²) in [6.07, 6.45) is 0.760. The van der Waals surface area contributed by atoms with E-state index in [2.05, 4.69) is 36.6 Å². The van der Waals surface area contributed by atoms with Crippen LogP contribution in [0, 0.1) is 5.92 Å². The molecular weight excluding hydrogens is 212 g/mol. The molecule has 0 bridgehead atoms. The highest BCUT2D eigenvalue weighted by atomic mass is 16.2. The van der Waals surface area contributed by atoms with Crippen molar-refractivity contribution in [1.29, 1.82) is 0 Å². The van der Waals surface area contributed by atoms with E-state index in [9.17, 15) is 4.79 Å². The molecule has 1 fully saturated rings. The van der Waals surface area contributed by atoms with Crippen LogP contribution in [0.1, 0.15) is 19.4 Å². The lowest BCUT2D eigenvalue weighted by molar-refractivity contribution is -0.125. The van der Waals surface area contributed by atoms with E-state index in [-0.39, 0.29) is 11.9 Å². The van der Waals surface area contributed by atoms with Crippen molar-refractivity contribution in [1.82, 2.24) is 10.6 Å². The van der Waals surface area contributed by atoms with Crippen LogP contribution >= 0.6 is 0 Å². The molecule has 92 valence electrons. The van der Waals surface area contributed by atoms with E-state index < -0.39 is 0 Å². The maximum atomic E-state index is 11.8. The van der Waals surface area contributed by atoms with Crippen molar-refractivity contribution in [2.24, 2.45) is 5.92 Å². The fraction of sp³-hybridized carbons (Fsp3) is 0.500. The summed E-state index contributed by atoms with van der Waals surface area (Å²) in [6, 6.07) is 10.4. The quantitative estimate of drug-likeness (QED) is 0.826. The van der Waals surface area contributed by atoms with Gasteiger partial charge in [0, 0.05) is 12.6 Å². The Hall–Kier alpha value is -1.35. The predicted octanol–water partition coefficient (Wildman–Crippen LogP) is 1.34. The first kappa shape index (κ1) is 12.1. The van der Waals surface area contributed by atoms with Gasteiger partial charge in [0.15, 0.2) is 0 Å². The fourth-order valence-corrected chi connectivity index (χ4v) is 2.16. The minimum atomic E-state index is -0.0986. The first-order valence-corrected chi connectivity index (χ1v) is 6.24. The maximum Gasteiger partial charge on any atom is 0.237 e. The van der Waals surface area contributed by atoms with Crippen LogP contribution in [0.5, 0.6) is 0 Å². The van der Waals surface area contributed by atoms with E-state index in [0.717, 1.165) is 13.0 Å². The number of rotatable bonds is 3. The lowest BCUT2D eigenvalue weighted by Gasteiger charge is -2.33. The van der Waals surface area contributed by atoms with Crippen LogP contribution in [0.25, 0.3) is 0 Å². The van der Waals surface area contributed by atoms with E-state index >= 15 is 0 Å². The minimum absolute atomic E-state index is 0.0986. The molecule has 0 aromatic heterocycles. The zero-order valence-electron chi connectivity index (χ0n) is 10.4. The summed E-state index contributed by atoms with van der Waals surface area (Å²) >= 11 is 0. The van der Waals surface area contributed by atoms with Crippen LogP contribution in [-0.4, -0.2) is 24.5 Å². The summed E-state index contributed by atoms with van der Waals surface area (Å²) in [5.74, 6) is 0.652. The molecule has 3 nitrogen and oxygen atoms in total. The Kier molecular flexibility index (Phi) is 3.79. The van der Waals surface area contributed by atoms with Gasteiger partial charge in [-0.05, 0) is 17.9 Å². The first-order valence-electron chi connectivity index (χ1n) is 6.24. The molecular formula is C14H20N2O. The van der Waals surface area contributed by atoms with Crippen molar-refractivity contribution >= 4 is 5.91 Å². The molecule has 2 N–H and O–H groups in total. The second kappa shape index (κ2) is 5.32. The van der Waals surface area contributed by atoms with Gasteiger partial charge in [-0.3, -0.25) is 4.79 Å². The Morgan fingerprint density at radius 2 is 2.00 bits per heavy atom. The molecule has 1 saturated heterocycles. The molecule has 2 rings (SSSR count). The SMILES string of the molecule is CC(C)[C@H]1CNC(=O)[C@H](Cc2ccccc2)N1. The van der Waals surface area contributed by atoms with Crippen LogP contribution in [-0.2, 0) is 11.2 Å². The second-order valence-corrected chi connectivity index (χ2v) is 5.00. The molecule has 1 amide bonds. The number of carbonyl (C=O) groups excluding carboxylic acids is 1. The molecule has 1 aromatic carbocycles. The van der Waals surface area contributed by atoms with E-state index in [0.29, 0.717) is 12.0 Å². The highest BCUT2D eigenvalue weighted by Gasteiger charge is 2.28. The van der Waals surface area contributed by atoms with Gasteiger partial charge in [0.05, 0.1) is 6.04 Å². The lowest BCUT2D eigenvalue weighted by Crippen LogP contribution is -2.60. The van der Waals surface area contributed by atoms with E-state index in [1.54, 1.807) is 0 Å². The Morgan fingerprint density at radius 3 is 2.65 bits per heavy atom. The third-order valence-electron chi connectivity index (χ3n) is 3.32. The zero-order chi connectivity index (χ0) is 12.3. The van der Waals surface area contributed by atoms with Crippen molar-refractivity contribution in [3.63, 3.8) is 0 Å². The van der Waals surface area contributed by atoms with E-state index in [1.807, 2.05) is 18.2 Å². The van der Waals surface area contributed by atoms with E-state index in [4.69, 9.17) is 0 Å². The first-order chi connectivity index (χ1) is 8.16. The molecule has 0 radical (unpaired) electrons. The minimum Gasteiger partial charge on any atom is -0.353 e. The van der Waals surface area contributed by atoms with Gasteiger partial charge in [0.2, 0.25) is 5.91 Å². The molecule has 1 aliphatic rings. The van der Waals surface area contributed by atoms with Crippen LogP contribution in [0.2, 0.25) is 0 Å². The molecule has 0 spiro atoms. The van der Waals surface area contributed by atoms with Gasteiger partial charge in [-0.15, -0.1) is 0 Å². The molecule has 0 unspecified atom stereocenters. The Bertz CT molecular complexity index is 375. The highest BCUT2D eigenvalue weighted by molar-refractivity contribution is 5.83. The second-order valence-electron chi connectivity index (χ2n) is 5.00. The number of carbonyl (C=O) groups is 1. The average molecular weight is 232 g/mol. The Balaban J connectivity index is 2.01. The normalized spacial score (nSPS) is 24.8. The van der Waals surface area contributed by atoms with Crippen LogP contribution in [0.15, 0.2) is 30.3 Å². The Morgan fingerprint density at radius 1 is 1.29 bits per heavy atom. The third kappa shape index (κ3) is 3.07. The predicted molar refractivity (Wildman–Crippen MR) is 68.7 cm³/mol. The van der Waals surface area contributed by atoms with Crippen molar-refractivity contribution in [2.75, 3.05) is 6.54 Å². The van der Waals surface area contributed by atoms with E-state index in [1.165, 1.54) is 5.56 Å². The number of piperazine rings is 1. The fourth-order valence-electron chi connectivity index (χ4n) is 2.16. The number of hydrogen-bond acceptors (Lipinski definition) is 2. The molecule has 0 saturated carbocycles. The van der Waals surface area contributed by atoms with Crippen molar-refractivity contribution in [2.45, 2.75) is 32.4 Å². The van der Waals surface area contributed by atoms with Gasteiger partial charge in [-0.1, -0.05) is 44.2 Å². The number of amides is 1. The largest absolute Gasteiger partial charge is 0.353 e. The van der Waals surface area contributed by atoms with Crippen molar-refractivity contribution in [3.8, 4) is 0 Å². The lowest BCUT2D eigenvalue weighted by atomic mass is 9.97. The molecule has 1 aromatic rings. The van der Waals surface area contributed by atoms with Crippen LogP contribution in [0.4, 0.5) is 0 Å². The standard InChI is InChI=1S/C14H20N2O/c1-10(2)13-9-15-14(17)12(16-13)8-11-6-4-3-5-7-11/h3-7,10,12-13,16H,8-9H2,1-2H3,(H,15,17)/t12-,13+/m0/s1. The third-order valence-corrected chi connectivity index (χ3v) is 3.32. The van der Waals surface area contributed by atoms with Gasteiger partial charge in [-0.2, -0.15) is 0 Å².